The summed E-state index contributed by atoms with van der Waals surface area (Å²) in [7, 11) is 3.09. The fourth-order valence-corrected chi connectivity index (χ4v) is 11.0. The number of allylic oxidation sites excluding steroid dienone is 2. The van der Waals surface area contributed by atoms with E-state index in [9.17, 15) is 0 Å². The molecule has 11 bridgehead atoms. The molecule has 3 aromatic carbocycles. The Morgan fingerprint density at radius 3 is 1.44 bits per heavy atom. The molecule has 5 aliphatic rings. The fourth-order valence-electron chi connectivity index (χ4n) is 11.0. The molecule has 1 atom stereocenters. The van der Waals surface area contributed by atoms with Gasteiger partial charge < -0.3 is 38.2 Å². The Bertz CT molecular complexity index is 2850. The van der Waals surface area contributed by atoms with Crippen molar-refractivity contribution in [3.63, 3.8) is 0 Å². The number of aryl methyl sites for hydroxylation is 4. The number of carbonyl (C=O) groups excluding carboxylic acids is 4. The maximum absolute atomic E-state index is 15.7. The average Bonchev–Trinajstić information content (AvgIpc) is 4.17. The average molecular weight is 1070 g/mol. The summed E-state index contributed by atoms with van der Waals surface area (Å²) >= 11 is 0. The molecule has 18 heteroatoms. The largest absolute Gasteiger partial charge is 0.497 e. The van der Waals surface area contributed by atoms with Crippen molar-refractivity contribution >= 4 is 23.8 Å². The smallest absolute Gasteiger partial charge is 0.347 e. The predicted octanol–water partition coefficient (Wildman–Crippen LogP) is 10.2. The van der Waals surface area contributed by atoms with Crippen LogP contribution in [-0.4, -0.2) is 104 Å². The van der Waals surface area contributed by atoms with Crippen molar-refractivity contribution in [1.29, 1.82) is 0 Å². The third-order valence-corrected chi connectivity index (χ3v) is 15.5. The van der Waals surface area contributed by atoms with Gasteiger partial charge in [0.25, 0.3) is 0 Å². The van der Waals surface area contributed by atoms with Crippen molar-refractivity contribution in [3.05, 3.63) is 107 Å². The normalized spacial score (nSPS) is 20.4. The standard InChI is InChI=1S/C60H76N8O10/c1-73-48-24-22-44-40-65-28-14-9-7-5-3-4-6-8-10-15-29-66-41-45-23-25-49(74-2)35-53(45)78-59(72)51-36-54-50(58(71)77-52(44)34-48)37-55(51)76-33-19-21-47-43-68(64-62-47)31-17-13-27-60(38-56(65)69,39-57(66)70)26-12-11-16-30-67-42-46(61-63-67)20-18-32-75-54/h3-4,22-25,34-37,42-43H,5-21,26-33,38-41H2,1-2H3/t60-/m0/s1. The van der Waals surface area contributed by atoms with E-state index in [1.165, 1.54) is 12.1 Å². The Kier molecular flexibility index (Phi) is 19.5. The van der Waals surface area contributed by atoms with E-state index in [0.29, 0.717) is 87.3 Å². The zero-order chi connectivity index (χ0) is 54.1. The lowest BCUT2D eigenvalue weighted by Crippen LogP contribution is -2.41. The highest BCUT2D eigenvalue weighted by Crippen LogP contribution is 2.42. The van der Waals surface area contributed by atoms with Crippen LogP contribution in [0.4, 0.5) is 0 Å². The first-order valence-electron chi connectivity index (χ1n) is 28.3. The molecule has 7 heterocycles. The number of fused-ring (bicyclic) bond motifs is 4. The molecule has 2 aromatic heterocycles. The van der Waals surface area contributed by atoms with Crippen LogP contribution in [0.5, 0.6) is 34.5 Å². The van der Waals surface area contributed by atoms with Crippen LogP contribution < -0.4 is 28.4 Å². The molecule has 10 rings (SSSR count). The van der Waals surface area contributed by atoms with Gasteiger partial charge in [0.2, 0.25) is 11.8 Å². The SMILES string of the molecule is COc1ccc2c(c1)OC(=O)c1cc3c4cc1OCCCc1cn(nn1)CCCCC[C@]1(CCCCn5cc(nn5)CCCO3)CC(=O)N(CCCCCC=CCCCCCN(Cc3ccc(OC)cc3OC4=O)C(=O)C1)C2. The number of rotatable bonds is 2. The van der Waals surface area contributed by atoms with Gasteiger partial charge in [-0.15, -0.1) is 10.2 Å². The number of amides is 2. The molecule has 78 heavy (non-hydrogen) atoms. The van der Waals surface area contributed by atoms with Gasteiger partial charge in [0.15, 0.2) is 0 Å². The van der Waals surface area contributed by atoms with Crippen LogP contribution >= 0.6 is 0 Å². The summed E-state index contributed by atoms with van der Waals surface area (Å²) in [5, 5.41) is 17.9. The summed E-state index contributed by atoms with van der Waals surface area (Å²) in [6.45, 7) is 2.77. The third kappa shape index (κ3) is 15.1. The van der Waals surface area contributed by atoms with Crippen LogP contribution in [-0.2, 0) is 48.6 Å². The van der Waals surface area contributed by atoms with Gasteiger partial charge in [-0.1, -0.05) is 54.7 Å². The van der Waals surface area contributed by atoms with Gasteiger partial charge in [-0.2, -0.15) is 0 Å². The lowest BCUT2D eigenvalue weighted by atomic mass is 9.72. The van der Waals surface area contributed by atoms with Gasteiger partial charge in [-0.3, -0.25) is 19.0 Å². The number of hydrogen-bond acceptors (Lipinski definition) is 14. The molecule has 1 spiro atoms. The molecule has 5 aliphatic heterocycles. The lowest BCUT2D eigenvalue weighted by molar-refractivity contribution is -0.139. The molecule has 416 valence electrons. The molecule has 0 unspecified atom stereocenters. The molecule has 2 amide bonds. The van der Waals surface area contributed by atoms with E-state index in [0.717, 1.165) is 94.9 Å². The number of benzene rings is 3. The Hall–Kier alpha value is -7.24. The molecular formula is C60H76N8O10. The Morgan fingerprint density at radius 1 is 0.500 bits per heavy atom. The van der Waals surface area contributed by atoms with Gasteiger partial charge >= 0.3 is 11.9 Å². The van der Waals surface area contributed by atoms with Crippen LogP contribution in [0.3, 0.4) is 0 Å². The quantitative estimate of drug-likeness (QED) is 0.0921. The zero-order valence-corrected chi connectivity index (χ0v) is 45.6. The summed E-state index contributed by atoms with van der Waals surface area (Å²) in [6.07, 6.45) is 23.2. The third-order valence-electron chi connectivity index (χ3n) is 15.5. The monoisotopic (exact) mass is 1070 g/mol. The van der Waals surface area contributed by atoms with Gasteiger partial charge in [0, 0.05) is 87.8 Å². The van der Waals surface area contributed by atoms with E-state index in [2.05, 4.69) is 32.8 Å². The number of esters is 2. The molecule has 0 aliphatic carbocycles. The topological polar surface area (TPSA) is 192 Å². The number of aromatic nitrogens is 6. The van der Waals surface area contributed by atoms with Crippen molar-refractivity contribution in [2.45, 2.75) is 161 Å². The van der Waals surface area contributed by atoms with Crippen LogP contribution in [0.1, 0.15) is 165 Å². The molecule has 0 saturated carbocycles. The summed E-state index contributed by atoms with van der Waals surface area (Å²) in [5.74, 6) is -0.271. The Balaban J connectivity index is 1.27. The predicted molar refractivity (Wildman–Crippen MR) is 291 cm³/mol. The van der Waals surface area contributed by atoms with Gasteiger partial charge in [-0.05, 0) is 132 Å². The number of methoxy groups -OCH3 is 2. The van der Waals surface area contributed by atoms with E-state index >= 15 is 19.2 Å². The first-order valence-corrected chi connectivity index (χ1v) is 28.3. The van der Waals surface area contributed by atoms with Crippen LogP contribution in [0.15, 0.2) is 73.1 Å². The van der Waals surface area contributed by atoms with Gasteiger partial charge in [-0.25, -0.2) is 9.59 Å². The molecule has 0 radical (unpaired) electrons. The van der Waals surface area contributed by atoms with E-state index in [4.69, 9.17) is 28.4 Å². The second-order valence-electron chi connectivity index (χ2n) is 21.3. The van der Waals surface area contributed by atoms with Gasteiger partial charge in [0.05, 0.1) is 38.8 Å². The minimum absolute atomic E-state index is 0.00263. The second-order valence-corrected chi connectivity index (χ2v) is 21.3. The first-order chi connectivity index (χ1) is 38.1. The van der Waals surface area contributed by atoms with Crippen LogP contribution in [0.2, 0.25) is 0 Å². The van der Waals surface area contributed by atoms with Crippen molar-refractivity contribution in [2.75, 3.05) is 40.5 Å². The van der Waals surface area contributed by atoms with Crippen molar-refractivity contribution in [1.82, 2.24) is 39.8 Å². The molecule has 0 fully saturated rings. The number of ether oxygens (including phenoxy) is 6. The Labute approximate surface area is 457 Å². The minimum Gasteiger partial charge on any atom is -0.497 e. The first kappa shape index (κ1) is 55.5. The zero-order valence-electron chi connectivity index (χ0n) is 45.6. The molecule has 5 aromatic rings. The van der Waals surface area contributed by atoms with E-state index in [1.54, 1.807) is 38.5 Å². The maximum Gasteiger partial charge on any atom is 0.347 e. The molecule has 0 N–H and O–H groups in total. The van der Waals surface area contributed by atoms with Crippen LogP contribution in [0, 0.1) is 5.41 Å². The molecular weight excluding hydrogens is 993 g/mol. The Morgan fingerprint density at radius 2 is 0.949 bits per heavy atom. The summed E-state index contributed by atoms with van der Waals surface area (Å²) < 4.78 is 41.0. The highest BCUT2D eigenvalue weighted by molar-refractivity contribution is 6.00. The summed E-state index contributed by atoms with van der Waals surface area (Å²) in [6, 6.07) is 13.5. The van der Waals surface area contributed by atoms with Crippen molar-refractivity contribution in [3.8, 4) is 34.5 Å². The van der Waals surface area contributed by atoms with E-state index in [1.807, 2.05) is 43.7 Å². The van der Waals surface area contributed by atoms with Crippen molar-refractivity contribution < 1.29 is 47.6 Å². The molecule has 0 saturated heterocycles. The van der Waals surface area contributed by atoms with Crippen LogP contribution in [0.25, 0.3) is 0 Å². The minimum atomic E-state index is -0.780. The highest BCUT2D eigenvalue weighted by Gasteiger charge is 2.38. The molecule has 18 nitrogen and oxygen atoms in total. The lowest BCUT2D eigenvalue weighted by Gasteiger charge is -2.37. The van der Waals surface area contributed by atoms with Gasteiger partial charge in [0.1, 0.15) is 45.6 Å². The fraction of sp³-hybridized carbons (Fsp3) is 0.533. The summed E-state index contributed by atoms with van der Waals surface area (Å²) in [5.41, 5.74) is 2.03. The van der Waals surface area contributed by atoms with E-state index < -0.39 is 17.4 Å². The number of hydrogen-bond donors (Lipinski definition) is 0. The number of nitrogens with zero attached hydrogens (tertiary/aromatic N) is 8. The summed E-state index contributed by atoms with van der Waals surface area (Å²) in [4.78, 5) is 65.2. The maximum atomic E-state index is 15.7. The van der Waals surface area contributed by atoms with Crippen molar-refractivity contribution in [2.24, 2.45) is 5.41 Å². The number of carbonyl (C=O) groups is 4. The van der Waals surface area contributed by atoms with E-state index in [-0.39, 0.29) is 85.1 Å². The highest BCUT2D eigenvalue weighted by atomic mass is 16.5. The second kappa shape index (κ2) is 27.4.